The van der Waals surface area contributed by atoms with Crippen molar-refractivity contribution in [3.8, 4) is 0 Å². The van der Waals surface area contributed by atoms with E-state index in [1.54, 1.807) is 6.20 Å². The lowest BCUT2D eigenvalue weighted by molar-refractivity contribution is 0.230. The molecule has 1 aromatic heterocycles. The van der Waals surface area contributed by atoms with E-state index in [2.05, 4.69) is 10.3 Å². The molecule has 1 unspecified atom stereocenters. The fourth-order valence-corrected chi connectivity index (χ4v) is 3.29. The molecule has 1 aliphatic heterocycles. The van der Waals surface area contributed by atoms with Gasteiger partial charge in [0.25, 0.3) is 0 Å². The van der Waals surface area contributed by atoms with Crippen LogP contribution in [-0.2, 0) is 11.3 Å². The van der Waals surface area contributed by atoms with Crippen LogP contribution < -0.4 is 5.32 Å². The molecule has 1 saturated heterocycles. The number of nitrogens with zero attached hydrogens (tertiary/aromatic N) is 2. The van der Waals surface area contributed by atoms with Crippen LogP contribution in [0.5, 0.6) is 0 Å². The highest BCUT2D eigenvalue weighted by Crippen LogP contribution is 2.25. The number of pyridine rings is 1. The topological polar surface area (TPSA) is 68.3 Å². The molecule has 0 bridgehead atoms. The zero-order valence-corrected chi connectivity index (χ0v) is 12.0. The van der Waals surface area contributed by atoms with Gasteiger partial charge < -0.3 is 9.87 Å². The third-order valence-corrected chi connectivity index (χ3v) is 4.63. The summed E-state index contributed by atoms with van der Waals surface area (Å²) in [4.78, 5) is 4.46. The van der Waals surface area contributed by atoms with Crippen LogP contribution >= 0.6 is 0 Å². The number of rotatable bonds is 2. The fraction of sp³-hybridized carbons (Fsp3) is 0.357. The van der Waals surface area contributed by atoms with Crippen molar-refractivity contribution in [1.29, 1.82) is 0 Å². The monoisotopic (exact) mass is 290 g/mol. The van der Waals surface area contributed by atoms with E-state index in [0.717, 1.165) is 16.5 Å². The second-order valence-corrected chi connectivity index (χ2v) is 5.95. The third-order valence-electron chi connectivity index (χ3n) is 3.74. The maximum absolute atomic E-state index is 11.3. The molecule has 0 spiro atoms. The average molecular weight is 290 g/mol. The molecule has 1 aromatic carbocycles. The highest BCUT2D eigenvalue weighted by atomic mass is 32.2. The summed E-state index contributed by atoms with van der Waals surface area (Å²) < 4.78 is 24.0. The average Bonchev–Trinajstić information content (AvgIpc) is 2.47. The molecule has 0 radical (unpaired) electrons. The zero-order valence-electron chi connectivity index (χ0n) is 11.2. The fourth-order valence-electron chi connectivity index (χ4n) is 2.65. The second kappa shape index (κ2) is 5.57. The molecule has 6 heteroatoms. The summed E-state index contributed by atoms with van der Waals surface area (Å²) in [6, 6.07) is 9.89. The Morgan fingerprint density at radius 2 is 2.20 bits per heavy atom. The molecule has 20 heavy (non-hydrogen) atoms. The van der Waals surface area contributed by atoms with Crippen molar-refractivity contribution >= 4 is 22.0 Å². The van der Waals surface area contributed by atoms with Crippen LogP contribution in [0.15, 0.2) is 36.5 Å². The summed E-state index contributed by atoms with van der Waals surface area (Å²) >= 11 is -2.19. The summed E-state index contributed by atoms with van der Waals surface area (Å²) in [6.07, 6.45) is 1.77. The predicted octanol–water partition coefficient (Wildman–Crippen LogP) is 1.36. The number of nitrogens with one attached hydrogen (secondary N) is 1. The molecule has 106 valence electrons. The van der Waals surface area contributed by atoms with E-state index in [-0.39, 0.29) is 12.1 Å². The highest BCUT2D eigenvalue weighted by molar-refractivity contribution is 7.76. The van der Waals surface area contributed by atoms with Crippen molar-refractivity contribution < 1.29 is 8.76 Å². The Balaban J connectivity index is 1.97. The van der Waals surface area contributed by atoms with Gasteiger partial charge in [0.15, 0.2) is 0 Å². The van der Waals surface area contributed by atoms with Crippen molar-refractivity contribution in [3.05, 3.63) is 42.2 Å². The first-order valence-electron chi connectivity index (χ1n) is 6.60. The minimum absolute atomic E-state index is 0.0282. The van der Waals surface area contributed by atoms with Crippen LogP contribution in [-0.4, -0.2) is 37.2 Å². The van der Waals surface area contributed by atoms with E-state index in [0.29, 0.717) is 13.1 Å². The van der Waals surface area contributed by atoms with Crippen LogP contribution in [0.3, 0.4) is 0 Å². The van der Waals surface area contributed by atoms with E-state index >= 15 is 0 Å². The molecule has 0 saturated carbocycles. The van der Waals surface area contributed by atoms with Gasteiger partial charge in [-0.2, -0.15) is 0 Å². The van der Waals surface area contributed by atoms with Crippen LogP contribution in [0.25, 0.3) is 10.8 Å². The maximum atomic E-state index is 11.3. The summed E-state index contributed by atoms with van der Waals surface area (Å²) in [6.45, 7) is 2.94. The lowest BCUT2D eigenvalue weighted by atomic mass is 10.0. The number of fused-ring (bicyclic) bond motifs is 1. The number of hydrogen-bond acceptors (Lipinski definition) is 4. The smallest absolute Gasteiger partial charge is 0.0664 e. The SMILES string of the molecule is C[C@@H]1CN[C@@H](c2nccc3ccccc23)CN1S(=O)[O-]. The largest absolute Gasteiger partial charge is 0.760 e. The lowest BCUT2D eigenvalue weighted by Gasteiger charge is -2.39. The molecule has 2 heterocycles. The quantitative estimate of drug-likeness (QED) is 0.848. The van der Waals surface area contributed by atoms with Gasteiger partial charge in [-0.3, -0.25) is 9.19 Å². The maximum Gasteiger partial charge on any atom is 0.0664 e. The number of hydrogen-bond donors (Lipinski definition) is 1. The number of aromatic nitrogens is 1. The number of benzene rings is 1. The Bertz CT molecular complexity index is 644. The lowest BCUT2D eigenvalue weighted by Crippen LogP contribution is -2.52. The van der Waals surface area contributed by atoms with Crippen LogP contribution in [0, 0.1) is 0 Å². The van der Waals surface area contributed by atoms with Gasteiger partial charge in [-0.15, -0.1) is 0 Å². The van der Waals surface area contributed by atoms with E-state index in [1.807, 2.05) is 37.3 Å². The minimum atomic E-state index is -2.19. The van der Waals surface area contributed by atoms with Crippen molar-refractivity contribution in [2.45, 2.75) is 19.0 Å². The van der Waals surface area contributed by atoms with Crippen LogP contribution in [0.2, 0.25) is 0 Å². The summed E-state index contributed by atoms with van der Waals surface area (Å²) in [5.74, 6) is 0. The van der Waals surface area contributed by atoms with Crippen molar-refractivity contribution in [3.63, 3.8) is 0 Å². The van der Waals surface area contributed by atoms with Gasteiger partial charge in [0.2, 0.25) is 0 Å². The minimum Gasteiger partial charge on any atom is -0.760 e. The highest BCUT2D eigenvalue weighted by Gasteiger charge is 2.28. The Kier molecular flexibility index (Phi) is 3.80. The first-order valence-corrected chi connectivity index (χ1v) is 7.63. The summed E-state index contributed by atoms with van der Waals surface area (Å²) in [7, 11) is 0. The van der Waals surface area contributed by atoms with Crippen molar-refractivity contribution in [2.24, 2.45) is 0 Å². The van der Waals surface area contributed by atoms with Gasteiger partial charge >= 0.3 is 0 Å². The molecule has 5 nitrogen and oxygen atoms in total. The number of piperazine rings is 1. The molecule has 1 fully saturated rings. The van der Waals surface area contributed by atoms with Crippen LogP contribution in [0.1, 0.15) is 18.7 Å². The van der Waals surface area contributed by atoms with Gasteiger partial charge in [0.05, 0.1) is 11.7 Å². The predicted molar refractivity (Wildman–Crippen MR) is 77.6 cm³/mol. The van der Waals surface area contributed by atoms with Gasteiger partial charge in [-0.1, -0.05) is 24.3 Å². The van der Waals surface area contributed by atoms with Gasteiger partial charge in [0, 0.05) is 42.0 Å². The Hall–Kier alpha value is -1.34. The van der Waals surface area contributed by atoms with Crippen LogP contribution in [0.4, 0.5) is 0 Å². The van der Waals surface area contributed by atoms with Crippen molar-refractivity contribution in [1.82, 2.24) is 14.6 Å². The Labute approximate surface area is 120 Å². The molecule has 1 N–H and O–H groups in total. The normalized spacial score (nSPS) is 25.7. The van der Waals surface area contributed by atoms with Gasteiger partial charge in [0.1, 0.15) is 0 Å². The standard InChI is InChI=1S/C14H17N3O2S/c1-10-8-16-13(9-17(10)20(18)19)14-12-5-3-2-4-11(12)6-7-15-14/h2-7,10,13,16H,8-9H2,1H3,(H,18,19)/p-1/t10-,13-/m1/s1. The molecule has 3 rings (SSSR count). The molecule has 0 aliphatic carbocycles. The molecular formula is C14H16N3O2S-. The summed E-state index contributed by atoms with van der Waals surface area (Å²) in [5.41, 5.74) is 0.908. The van der Waals surface area contributed by atoms with E-state index in [1.165, 1.54) is 4.31 Å². The zero-order chi connectivity index (χ0) is 14.1. The van der Waals surface area contributed by atoms with Gasteiger partial charge in [-0.25, -0.2) is 4.31 Å². The van der Waals surface area contributed by atoms with Gasteiger partial charge in [-0.05, 0) is 18.4 Å². The molecule has 1 aliphatic rings. The second-order valence-electron chi connectivity index (χ2n) is 5.04. The first kappa shape index (κ1) is 13.6. The molecular weight excluding hydrogens is 274 g/mol. The molecule has 2 aromatic rings. The van der Waals surface area contributed by atoms with Crippen molar-refractivity contribution in [2.75, 3.05) is 13.1 Å². The Morgan fingerprint density at radius 3 is 3.00 bits per heavy atom. The summed E-state index contributed by atoms with van der Waals surface area (Å²) in [5, 5.41) is 5.57. The molecule has 0 amide bonds. The Morgan fingerprint density at radius 1 is 1.40 bits per heavy atom. The first-order chi connectivity index (χ1) is 9.66. The third kappa shape index (κ3) is 2.47. The van der Waals surface area contributed by atoms with E-state index in [4.69, 9.17) is 0 Å². The van der Waals surface area contributed by atoms with E-state index in [9.17, 15) is 8.76 Å². The molecule has 3 atom stereocenters. The van der Waals surface area contributed by atoms with E-state index < -0.39 is 11.3 Å².